The number of carbonyl (C=O) groups excluding carboxylic acids is 2. The van der Waals surface area contributed by atoms with Crippen LogP contribution in [0.15, 0.2) is 29.4 Å². The van der Waals surface area contributed by atoms with Gasteiger partial charge in [-0.05, 0) is 30.5 Å². The Hall–Kier alpha value is -2.24. The Bertz CT molecular complexity index is 654. The van der Waals surface area contributed by atoms with Gasteiger partial charge in [-0.2, -0.15) is 5.10 Å². The number of benzene rings is 1. The van der Waals surface area contributed by atoms with Gasteiger partial charge in [0.2, 0.25) is 5.91 Å². The van der Waals surface area contributed by atoms with E-state index >= 15 is 0 Å². The van der Waals surface area contributed by atoms with E-state index < -0.39 is 0 Å². The lowest BCUT2D eigenvalue weighted by atomic mass is 10.0. The van der Waals surface area contributed by atoms with E-state index in [1.165, 1.54) is 17.1 Å². The molecule has 0 aliphatic carbocycles. The maximum Gasteiger partial charge on any atom is 0.270 e. The van der Waals surface area contributed by atoms with Crippen LogP contribution < -0.4 is 0 Å². The molecule has 0 radical (unpaired) electrons. The van der Waals surface area contributed by atoms with Crippen LogP contribution in [0.4, 0.5) is 4.39 Å². The lowest BCUT2D eigenvalue weighted by Gasteiger charge is -2.29. The fourth-order valence-corrected chi connectivity index (χ4v) is 3.04. The van der Waals surface area contributed by atoms with Gasteiger partial charge in [0.15, 0.2) is 0 Å². The van der Waals surface area contributed by atoms with Crippen LogP contribution in [0, 0.1) is 11.7 Å². The van der Waals surface area contributed by atoms with Crippen LogP contribution in [0.1, 0.15) is 52.0 Å². The number of nitrogens with zero attached hydrogens (tertiary/aromatic N) is 3. The van der Waals surface area contributed by atoms with Crippen LogP contribution in [0.3, 0.4) is 0 Å². The van der Waals surface area contributed by atoms with Crippen molar-refractivity contribution in [2.45, 2.75) is 53.0 Å². The molecule has 6 heteroatoms. The standard InChI is InChI=1S/C20H28FN3O2/c1-4-15(5-2)13-23(6-3)20(26)18-11-12-19(25)24(22-18)14-16-7-9-17(21)10-8-16/h7-10,15H,4-6,11-14H2,1-3H3. The number of carbonyl (C=O) groups is 2. The molecule has 0 saturated heterocycles. The largest absolute Gasteiger partial charge is 0.338 e. The van der Waals surface area contributed by atoms with Crippen molar-refractivity contribution in [3.63, 3.8) is 0 Å². The second-order valence-electron chi connectivity index (χ2n) is 6.65. The molecule has 5 nitrogen and oxygen atoms in total. The predicted octanol–water partition coefficient (Wildman–Crippen LogP) is 3.59. The molecule has 2 rings (SSSR count). The van der Waals surface area contributed by atoms with E-state index in [2.05, 4.69) is 18.9 Å². The van der Waals surface area contributed by atoms with E-state index in [1.807, 2.05) is 11.8 Å². The lowest BCUT2D eigenvalue weighted by molar-refractivity contribution is -0.132. The smallest absolute Gasteiger partial charge is 0.270 e. The molecular formula is C20H28FN3O2. The Balaban J connectivity index is 2.12. The third-order valence-electron chi connectivity index (χ3n) is 4.90. The first kappa shape index (κ1) is 20.1. The van der Waals surface area contributed by atoms with Crippen molar-refractivity contribution >= 4 is 17.5 Å². The van der Waals surface area contributed by atoms with Crippen molar-refractivity contribution in [1.82, 2.24) is 9.91 Å². The molecule has 1 aromatic carbocycles. The minimum atomic E-state index is -0.321. The molecule has 2 amide bonds. The molecule has 0 unspecified atom stereocenters. The molecule has 26 heavy (non-hydrogen) atoms. The molecule has 1 aromatic rings. The Morgan fingerprint density at radius 3 is 2.42 bits per heavy atom. The fraction of sp³-hybridized carbons (Fsp3) is 0.550. The van der Waals surface area contributed by atoms with Gasteiger partial charge >= 0.3 is 0 Å². The normalized spacial score (nSPS) is 14.6. The number of halogens is 1. The van der Waals surface area contributed by atoms with Gasteiger partial charge in [-0.1, -0.05) is 38.8 Å². The Morgan fingerprint density at radius 1 is 1.19 bits per heavy atom. The van der Waals surface area contributed by atoms with Gasteiger partial charge in [-0.15, -0.1) is 0 Å². The highest BCUT2D eigenvalue weighted by atomic mass is 19.1. The van der Waals surface area contributed by atoms with Gasteiger partial charge in [0.05, 0.1) is 6.54 Å². The number of amides is 2. The molecular weight excluding hydrogens is 333 g/mol. The summed E-state index contributed by atoms with van der Waals surface area (Å²) in [7, 11) is 0. The molecule has 0 atom stereocenters. The summed E-state index contributed by atoms with van der Waals surface area (Å²) < 4.78 is 13.0. The molecule has 0 bridgehead atoms. The van der Waals surface area contributed by atoms with E-state index in [1.54, 1.807) is 12.1 Å². The summed E-state index contributed by atoms with van der Waals surface area (Å²) in [6.07, 6.45) is 2.70. The minimum absolute atomic E-state index is 0.0870. The van der Waals surface area contributed by atoms with E-state index in [9.17, 15) is 14.0 Å². The predicted molar refractivity (Wildman–Crippen MR) is 99.9 cm³/mol. The highest BCUT2D eigenvalue weighted by Gasteiger charge is 2.27. The van der Waals surface area contributed by atoms with Crippen LogP contribution >= 0.6 is 0 Å². The van der Waals surface area contributed by atoms with E-state index in [-0.39, 0.29) is 30.6 Å². The molecule has 0 saturated carbocycles. The lowest BCUT2D eigenvalue weighted by Crippen LogP contribution is -2.43. The van der Waals surface area contributed by atoms with Gasteiger partial charge in [0.1, 0.15) is 11.5 Å². The summed E-state index contributed by atoms with van der Waals surface area (Å²) in [5.74, 6) is -0.0527. The summed E-state index contributed by atoms with van der Waals surface area (Å²) in [5.41, 5.74) is 1.21. The molecule has 0 spiro atoms. The van der Waals surface area contributed by atoms with Crippen molar-refractivity contribution in [3.8, 4) is 0 Å². The van der Waals surface area contributed by atoms with Gasteiger partial charge in [-0.25, -0.2) is 9.40 Å². The first-order valence-electron chi connectivity index (χ1n) is 9.39. The zero-order valence-corrected chi connectivity index (χ0v) is 15.9. The van der Waals surface area contributed by atoms with Crippen LogP contribution in [0.2, 0.25) is 0 Å². The van der Waals surface area contributed by atoms with Crippen molar-refractivity contribution < 1.29 is 14.0 Å². The Morgan fingerprint density at radius 2 is 1.85 bits per heavy atom. The molecule has 0 N–H and O–H groups in total. The van der Waals surface area contributed by atoms with Crippen molar-refractivity contribution in [2.24, 2.45) is 11.0 Å². The highest BCUT2D eigenvalue weighted by molar-refractivity contribution is 6.39. The summed E-state index contributed by atoms with van der Waals surface area (Å²) in [5, 5.41) is 5.65. The monoisotopic (exact) mass is 361 g/mol. The maximum atomic E-state index is 13.0. The fourth-order valence-electron chi connectivity index (χ4n) is 3.04. The second kappa shape index (κ2) is 9.46. The van der Waals surface area contributed by atoms with Crippen molar-refractivity contribution in [1.29, 1.82) is 0 Å². The number of hydrogen-bond acceptors (Lipinski definition) is 3. The molecule has 1 aliphatic heterocycles. The first-order valence-corrected chi connectivity index (χ1v) is 9.39. The molecule has 142 valence electrons. The molecule has 0 fully saturated rings. The van der Waals surface area contributed by atoms with E-state index in [0.29, 0.717) is 31.1 Å². The van der Waals surface area contributed by atoms with Crippen LogP contribution in [-0.4, -0.2) is 40.5 Å². The van der Waals surface area contributed by atoms with Crippen LogP contribution in [0.5, 0.6) is 0 Å². The topological polar surface area (TPSA) is 53.0 Å². The van der Waals surface area contributed by atoms with Crippen molar-refractivity contribution in [2.75, 3.05) is 13.1 Å². The third kappa shape index (κ3) is 5.13. The first-order chi connectivity index (χ1) is 12.5. The summed E-state index contributed by atoms with van der Waals surface area (Å²) in [4.78, 5) is 26.8. The van der Waals surface area contributed by atoms with E-state index in [0.717, 1.165) is 18.4 Å². The molecule has 1 aliphatic rings. The third-order valence-corrected chi connectivity index (χ3v) is 4.90. The van der Waals surface area contributed by atoms with Gasteiger partial charge < -0.3 is 4.90 Å². The maximum absolute atomic E-state index is 13.0. The number of rotatable bonds is 8. The Kier molecular flexibility index (Phi) is 7.30. The Labute approximate surface area is 154 Å². The van der Waals surface area contributed by atoms with Crippen molar-refractivity contribution in [3.05, 3.63) is 35.6 Å². The second-order valence-corrected chi connectivity index (χ2v) is 6.65. The number of hydrazone groups is 1. The average molecular weight is 361 g/mol. The number of hydrogen-bond donors (Lipinski definition) is 0. The SMILES string of the molecule is CCC(CC)CN(CC)C(=O)C1=NN(Cc2ccc(F)cc2)C(=O)CC1. The molecule has 1 heterocycles. The van der Waals surface area contributed by atoms with Gasteiger partial charge in [-0.3, -0.25) is 9.59 Å². The summed E-state index contributed by atoms with van der Waals surface area (Å²) >= 11 is 0. The van der Waals surface area contributed by atoms with Crippen LogP contribution in [0.25, 0.3) is 0 Å². The quantitative estimate of drug-likeness (QED) is 0.710. The average Bonchev–Trinajstić information content (AvgIpc) is 2.66. The molecule has 0 aromatic heterocycles. The zero-order valence-electron chi connectivity index (χ0n) is 15.9. The highest BCUT2D eigenvalue weighted by Crippen LogP contribution is 2.17. The van der Waals surface area contributed by atoms with Gasteiger partial charge in [0.25, 0.3) is 5.91 Å². The van der Waals surface area contributed by atoms with Crippen LogP contribution in [-0.2, 0) is 16.1 Å². The zero-order chi connectivity index (χ0) is 19.1. The minimum Gasteiger partial charge on any atom is -0.338 e. The van der Waals surface area contributed by atoms with E-state index in [4.69, 9.17) is 0 Å². The summed E-state index contributed by atoms with van der Waals surface area (Å²) in [6, 6.07) is 5.96. The summed E-state index contributed by atoms with van der Waals surface area (Å²) in [6.45, 7) is 7.81. The van der Waals surface area contributed by atoms with Gasteiger partial charge in [0, 0.05) is 25.9 Å².